The lowest BCUT2D eigenvalue weighted by molar-refractivity contribution is 0.102. The number of carbonyl (C=O) groups is 1. The molecule has 0 atom stereocenters. The van der Waals surface area contributed by atoms with Crippen molar-refractivity contribution in [3.8, 4) is 0 Å². The zero-order valence-corrected chi connectivity index (χ0v) is 12.7. The van der Waals surface area contributed by atoms with Crippen molar-refractivity contribution in [1.82, 2.24) is 4.98 Å². The lowest BCUT2D eigenvalue weighted by Gasteiger charge is -2.12. The first-order valence-electron chi connectivity index (χ1n) is 6.16. The van der Waals surface area contributed by atoms with Gasteiger partial charge in [0.25, 0.3) is 5.91 Å². The van der Waals surface area contributed by atoms with E-state index in [9.17, 15) is 13.6 Å². The molecule has 1 heterocycles. The highest BCUT2D eigenvalue weighted by molar-refractivity contribution is 9.10. The average Bonchev–Trinajstić information content (AvgIpc) is 2.43. The zero-order valence-electron chi connectivity index (χ0n) is 11.1. The molecule has 0 saturated heterocycles. The van der Waals surface area contributed by atoms with Crippen LogP contribution in [0.15, 0.2) is 35.1 Å². The molecule has 0 fully saturated rings. The van der Waals surface area contributed by atoms with Crippen LogP contribution in [0.5, 0.6) is 0 Å². The summed E-state index contributed by atoms with van der Waals surface area (Å²) in [6.07, 6.45) is 2.92. The van der Waals surface area contributed by atoms with Crippen LogP contribution >= 0.6 is 15.9 Å². The fraction of sp³-hybridized carbons (Fsp3) is 0.143. The molecule has 0 bridgehead atoms. The third-order valence-electron chi connectivity index (χ3n) is 2.68. The topological polar surface area (TPSA) is 54.0 Å². The molecule has 0 spiro atoms. The summed E-state index contributed by atoms with van der Waals surface area (Å²) in [5.41, 5.74) is 0.742. The first-order valence-corrected chi connectivity index (χ1v) is 6.96. The summed E-state index contributed by atoms with van der Waals surface area (Å²) in [5, 5.41) is 5.43. The van der Waals surface area contributed by atoms with E-state index in [4.69, 9.17) is 0 Å². The van der Waals surface area contributed by atoms with E-state index in [2.05, 4.69) is 31.5 Å². The molecule has 1 aromatic carbocycles. The Morgan fingerprint density at radius 3 is 2.81 bits per heavy atom. The SMILES string of the molecule is CCNc1ccncc1C(=O)Nc1c(F)cc(F)cc1Br. The van der Waals surface area contributed by atoms with Crippen LogP contribution in [-0.4, -0.2) is 17.4 Å². The Labute approximate surface area is 128 Å². The van der Waals surface area contributed by atoms with Crippen LogP contribution in [0.2, 0.25) is 0 Å². The summed E-state index contributed by atoms with van der Waals surface area (Å²) in [7, 11) is 0. The Morgan fingerprint density at radius 1 is 1.38 bits per heavy atom. The number of hydrogen-bond donors (Lipinski definition) is 2. The van der Waals surface area contributed by atoms with E-state index in [0.717, 1.165) is 6.07 Å². The molecule has 0 radical (unpaired) electrons. The van der Waals surface area contributed by atoms with Gasteiger partial charge in [-0.3, -0.25) is 9.78 Å². The highest BCUT2D eigenvalue weighted by Gasteiger charge is 2.16. The van der Waals surface area contributed by atoms with E-state index < -0.39 is 17.5 Å². The van der Waals surface area contributed by atoms with Crippen molar-refractivity contribution in [1.29, 1.82) is 0 Å². The van der Waals surface area contributed by atoms with Crippen LogP contribution < -0.4 is 10.6 Å². The number of hydrogen-bond acceptors (Lipinski definition) is 3. The molecular formula is C14H12BrF2N3O. The average molecular weight is 356 g/mol. The van der Waals surface area contributed by atoms with E-state index in [0.29, 0.717) is 18.3 Å². The molecule has 2 N–H and O–H groups in total. The van der Waals surface area contributed by atoms with Crippen LogP contribution in [0.3, 0.4) is 0 Å². The summed E-state index contributed by atoms with van der Waals surface area (Å²) in [6, 6.07) is 3.43. The Kier molecular flexibility index (Phi) is 4.85. The number of halogens is 3. The summed E-state index contributed by atoms with van der Waals surface area (Å²) in [4.78, 5) is 16.1. The molecule has 21 heavy (non-hydrogen) atoms. The number of pyridine rings is 1. The largest absolute Gasteiger partial charge is 0.385 e. The Bertz CT molecular complexity index is 656. The van der Waals surface area contributed by atoms with Gasteiger partial charge in [0, 0.05) is 29.5 Å². The second-order valence-corrected chi connectivity index (χ2v) is 5.00. The monoisotopic (exact) mass is 355 g/mol. The van der Waals surface area contributed by atoms with Gasteiger partial charge in [-0.1, -0.05) is 0 Å². The van der Waals surface area contributed by atoms with Crippen molar-refractivity contribution in [2.24, 2.45) is 0 Å². The quantitative estimate of drug-likeness (QED) is 0.876. The third kappa shape index (κ3) is 3.55. The van der Waals surface area contributed by atoms with Crippen molar-refractivity contribution in [3.05, 3.63) is 52.3 Å². The van der Waals surface area contributed by atoms with Gasteiger partial charge in [0.05, 0.1) is 16.9 Å². The fourth-order valence-electron chi connectivity index (χ4n) is 1.76. The van der Waals surface area contributed by atoms with Gasteiger partial charge >= 0.3 is 0 Å². The van der Waals surface area contributed by atoms with E-state index >= 15 is 0 Å². The van der Waals surface area contributed by atoms with Crippen molar-refractivity contribution in [3.63, 3.8) is 0 Å². The number of anilines is 2. The van der Waals surface area contributed by atoms with Crippen LogP contribution in [0.25, 0.3) is 0 Å². The molecular weight excluding hydrogens is 344 g/mol. The predicted octanol–water partition coefficient (Wildman–Crippen LogP) is 3.81. The Morgan fingerprint density at radius 2 is 2.14 bits per heavy atom. The molecule has 0 aliphatic rings. The maximum atomic E-state index is 13.7. The first-order chi connectivity index (χ1) is 10.0. The summed E-state index contributed by atoms with van der Waals surface area (Å²) in [5.74, 6) is -2.12. The second-order valence-electron chi connectivity index (χ2n) is 4.15. The zero-order chi connectivity index (χ0) is 15.4. The van der Waals surface area contributed by atoms with E-state index in [1.165, 1.54) is 6.20 Å². The summed E-state index contributed by atoms with van der Waals surface area (Å²) < 4.78 is 26.9. The van der Waals surface area contributed by atoms with Gasteiger partial charge < -0.3 is 10.6 Å². The van der Waals surface area contributed by atoms with Gasteiger partial charge in [-0.05, 0) is 35.0 Å². The first kappa shape index (κ1) is 15.4. The van der Waals surface area contributed by atoms with Gasteiger partial charge in [-0.2, -0.15) is 0 Å². The molecule has 4 nitrogen and oxygen atoms in total. The van der Waals surface area contributed by atoms with Crippen LogP contribution in [0.4, 0.5) is 20.2 Å². The molecule has 7 heteroatoms. The molecule has 110 valence electrons. The minimum absolute atomic E-state index is 0.118. The summed E-state index contributed by atoms with van der Waals surface area (Å²) in [6.45, 7) is 2.51. The Hall–Kier alpha value is -2.02. The second kappa shape index (κ2) is 6.62. The number of rotatable bonds is 4. The smallest absolute Gasteiger partial charge is 0.259 e. The predicted molar refractivity (Wildman–Crippen MR) is 80.4 cm³/mol. The highest BCUT2D eigenvalue weighted by atomic mass is 79.9. The molecule has 0 unspecified atom stereocenters. The molecule has 0 saturated carbocycles. The number of aromatic nitrogens is 1. The van der Waals surface area contributed by atoms with E-state index in [1.54, 1.807) is 12.3 Å². The molecule has 2 rings (SSSR count). The minimum atomic E-state index is -0.857. The van der Waals surface area contributed by atoms with E-state index in [-0.39, 0.29) is 15.7 Å². The number of nitrogens with zero attached hydrogens (tertiary/aromatic N) is 1. The standard InChI is InChI=1S/C14H12BrF2N3O/c1-2-19-12-3-4-18-7-9(12)14(21)20-13-10(15)5-8(16)6-11(13)17/h3-7H,2H2,1H3,(H,18,19)(H,20,21). The van der Waals surface area contributed by atoms with Gasteiger partial charge in [-0.15, -0.1) is 0 Å². The van der Waals surface area contributed by atoms with Crippen LogP contribution in [0, 0.1) is 11.6 Å². The molecule has 1 aromatic heterocycles. The maximum absolute atomic E-state index is 13.7. The summed E-state index contributed by atoms with van der Waals surface area (Å²) >= 11 is 3.02. The number of benzene rings is 1. The molecule has 2 aromatic rings. The van der Waals surface area contributed by atoms with Gasteiger partial charge in [0.2, 0.25) is 0 Å². The van der Waals surface area contributed by atoms with Crippen molar-refractivity contribution >= 4 is 33.2 Å². The maximum Gasteiger partial charge on any atom is 0.259 e. The van der Waals surface area contributed by atoms with Gasteiger partial charge in [0.15, 0.2) is 5.82 Å². The van der Waals surface area contributed by atoms with Crippen molar-refractivity contribution < 1.29 is 13.6 Å². The lowest BCUT2D eigenvalue weighted by Crippen LogP contribution is -2.16. The van der Waals surface area contributed by atoms with Crippen LogP contribution in [0.1, 0.15) is 17.3 Å². The molecule has 0 aliphatic heterocycles. The van der Waals surface area contributed by atoms with Crippen molar-refractivity contribution in [2.75, 3.05) is 17.2 Å². The normalized spacial score (nSPS) is 10.3. The van der Waals surface area contributed by atoms with Crippen LogP contribution in [-0.2, 0) is 0 Å². The van der Waals surface area contributed by atoms with Gasteiger partial charge in [-0.25, -0.2) is 8.78 Å². The number of nitrogens with one attached hydrogen (secondary N) is 2. The fourth-order valence-corrected chi connectivity index (χ4v) is 2.27. The highest BCUT2D eigenvalue weighted by Crippen LogP contribution is 2.28. The molecule has 0 aliphatic carbocycles. The molecule has 1 amide bonds. The van der Waals surface area contributed by atoms with E-state index in [1.807, 2.05) is 6.92 Å². The number of carbonyl (C=O) groups excluding carboxylic acids is 1. The van der Waals surface area contributed by atoms with Gasteiger partial charge in [0.1, 0.15) is 5.82 Å². The Balaban J connectivity index is 2.31. The van der Waals surface area contributed by atoms with Crippen molar-refractivity contribution in [2.45, 2.75) is 6.92 Å². The lowest BCUT2D eigenvalue weighted by atomic mass is 10.2. The number of amides is 1. The minimum Gasteiger partial charge on any atom is -0.385 e. The third-order valence-corrected chi connectivity index (χ3v) is 3.30.